The van der Waals surface area contributed by atoms with E-state index in [9.17, 15) is 0 Å². The second-order valence-electron chi connectivity index (χ2n) is 4.07. The van der Waals surface area contributed by atoms with Crippen molar-refractivity contribution < 1.29 is 9.47 Å². The number of halogens is 1. The molecule has 0 bridgehead atoms. The molecule has 2 rings (SSSR count). The molecule has 0 N–H and O–H groups in total. The molecule has 0 aliphatic carbocycles. The van der Waals surface area contributed by atoms with Crippen molar-refractivity contribution in [3.05, 3.63) is 58.1 Å². The molecule has 0 atom stereocenters. The van der Waals surface area contributed by atoms with Gasteiger partial charge in [0.1, 0.15) is 18.1 Å². The first-order chi connectivity index (χ1) is 8.69. The molecule has 0 aromatic heterocycles. The average molecular weight is 307 g/mol. The molecular formula is C15H15BrO2. The zero-order valence-corrected chi connectivity index (χ0v) is 12.0. The molecule has 2 nitrogen and oxygen atoms in total. The topological polar surface area (TPSA) is 18.5 Å². The van der Waals surface area contributed by atoms with E-state index in [4.69, 9.17) is 9.47 Å². The lowest BCUT2D eigenvalue weighted by Gasteiger charge is -2.10. The maximum Gasteiger partial charge on any atom is 0.134 e. The molecule has 0 heterocycles. The molecule has 0 aliphatic heterocycles. The first-order valence-electron chi connectivity index (χ1n) is 5.71. The van der Waals surface area contributed by atoms with Crippen LogP contribution in [-0.2, 0) is 6.61 Å². The Labute approximate surface area is 116 Å². The Balaban J connectivity index is 2.06. The van der Waals surface area contributed by atoms with Crippen molar-refractivity contribution in [1.82, 2.24) is 0 Å². The van der Waals surface area contributed by atoms with Crippen LogP contribution in [0.1, 0.15) is 11.1 Å². The van der Waals surface area contributed by atoms with E-state index in [1.807, 2.05) is 24.3 Å². The highest BCUT2D eigenvalue weighted by Gasteiger charge is 2.03. The summed E-state index contributed by atoms with van der Waals surface area (Å²) in [5.41, 5.74) is 2.41. The Kier molecular flexibility index (Phi) is 4.26. The van der Waals surface area contributed by atoms with Gasteiger partial charge >= 0.3 is 0 Å². The SMILES string of the molecule is COc1ccc(OCc2cccc(C)c2)c(Br)c1. The summed E-state index contributed by atoms with van der Waals surface area (Å²) in [7, 11) is 1.65. The van der Waals surface area contributed by atoms with Crippen LogP contribution >= 0.6 is 15.9 Å². The van der Waals surface area contributed by atoms with E-state index in [1.165, 1.54) is 5.56 Å². The van der Waals surface area contributed by atoms with E-state index in [0.717, 1.165) is 21.5 Å². The van der Waals surface area contributed by atoms with Gasteiger partial charge in [0.15, 0.2) is 0 Å². The van der Waals surface area contributed by atoms with Crippen molar-refractivity contribution in [2.24, 2.45) is 0 Å². The van der Waals surface area contributed by atoms with Crippen LogP contribution in [0.3, 0.4) is 0 Å². The van der Waals surface area contributed by atoms with Crippen LogP contribution < -0.4 is 9.47 Å². The number of aryl methyl sites for hydroxylation is 1. The predicted octanol–water partition coefficient (Wildman–Crippen LogP) is 4.35. The summed E-state index contributed by atoms with van der Waals surface area (Å²) in [5, 5.41) is 0. The predicted molar refractivity (Wildman–Crippen MR) is 76.2 cm³/mol. The van der Waals surface area contributed by atoms with Crippen LogP contribution in [0.15, 0.2) is 46.9 Å². The second-order valence-corrected chi connectivity index (χ2v) is 4.93. The second kappa shape index (κ2) is 5.91. The normalized spacial score (nSPS) is 10.2. The van der Waals surface area contributed by atoms with Crippen molar-refractivity contribution in [3.63, 3.8) is 0 Å². The van der Waals surface area contributed by atoms with Gasteiger partial charge in [-0.05, 0) is 46.6 Å². The monoisotopic (exact) mass is 306 g/mol. The van der Waals surface area contributed by atoms with Gasteiger partial charge in [0, 0.05) is 0 Å². The first kappa shape index (κ1) is 13.0. The van der Waals surface area contributed by atoms with Gasteiger partial charge in [0.2, 0.25) is 0 Å². The number of rotatable bonds is 4. The fourth-order valence-corrected chi connectivity index (χ4v) is 2.16. The number of benzene rings is 2. The molecule has 2 aromatic rings. The van der Waals surface area contributed by atoms with E-state index in [2.05, 4.69) is 41.1 Å². The molecule has 0 amide bonds. The van der Waals surface area contributed by atoms with Crippen LogP contribution in [0.5, 0.6) is 11.5 Å². The van der Waals surface area contributed by atoms with E-state index in [-0.39, 0.29) is 0 Å². The van der Waals surface area contributed by atoms with Crippen LogP contribution in [0.2, 0.25) is 0 Å². The van der Waals surface area contributed by atoms with E-state index >= 15 is 0 Å². The fourth-order valence-electron chi connectivity index (χ4n) is 1.69. The highest BCUT2D eigenvalue weighted by atomic mass is 79.9. The van der Waals surface area contributed by atoms with Gasteiger partial charge in [0.25, 0.3) is 0 Å². The molecule has 0 radical (unpaired) electrons. The smallest absolute Gasteiger partial charge is 0.134 e. The van der Waals surface area contributed by atoms with Crippen molar-refractivity contribution >= 4 is 15.9 Å². The molecule has 0 unspecified atom stereocenters. The third kappa shape index (κ3) is 3.26. The standard InChI is InChI=1S/C15H15BrO2/c1-11-4-3-5-12(8-11)10-18-15-7-6-13(17-2)9-14(15)16/h3-9H,10H2,1-2H3. The number of hydrogen-bond donors (Lipinski definition) is 0. The summed E-state index contributed by atoms with van der Waals surface area (Å²) in [6.45, 7) is 2.64. The molecule has 2 aromatic carbocycles. The van der Waals surface area contributed by atoms with Crippen molar-refractivity contribution in [3.8, 4) is 11.5 Å². The van der Waals surface area contributed by atoms with Crippen LogP contribution in [-0.4, -0.2) is 7.11 Å². The number of hydrogen-bond acceptors (Lipinski definition) is 2. The van der Waals surface area contributed by atoms with Crippen LogP contribution in [0.25, 0.3) is 0 Å². The fraction of sp³-hybridized carbons (Fsp3) is 0.200. The molecule has 0 spiro atoms. The van der Waals surface area contributed by atoms with Gasteiger partial charge in [-0.3, -0.25) is 0 Å². The Morgan fingerprint density at radius 3 is 2.61 bits per heavy atom. The molecular weight excluding hydrogens is 292 g/mol. The largest absolute Gasteiger partial charge is 0.497 e. The van der Waals surface area contributed by atoms with E-state index in [0.29, 0.717) is 6.61 Å². The van der Waals surface area contributed by atoms with Gasteiger partial charge in [-0.15, -0.1) is 0 Å². The van der Waals surface area contributed by atoms with Gasteiger partial charge in [-0.2, -0.15) is 0 Å². The van der Waals surface area contributed by atoms with E-state index in [1.54, 1.807) is 7.11 Å². The van der Waals surface area contributed by atoms with Crippen LogP contribution in [0, 0.1) is 6.92 Å². The minimum absolute atomic E-state index is 0.562. The van der Waals surface area contributed by atoms with Gasteiger partial charge < -0.3 is 9.47 Å². The third-order valence-electron chi connectivity index (χ3n) is 2.62. The molecule has 3 heteroatoms. The van der Waals surface area contributed by atoms with Crippen molar-refractivity contribution in [1.29, 1.82) is 0 Å². The summed E-state index contributed by atoms with van der Waals surface area (Å²) < 4.78 is 11.8. The first-order valence-corrected chi connectivity index (χ1v) is 6.50. The lowest BCUT2D eigenvalue weighted by molar-refractivity contribution is 0.303. The summed E-state index contributed by atoms with van der Waals surface area (Å²) >= 11 is 3.47. The lowest BCUT2D eigenvalue weighted by Crippen LogP contribution is -1.96. The van der Waals surface area contributed by atoms with Gasteiger partial charge in [-0.25, -0.2) is 0 Å². The molecule has 94 valence electrons. The zero-order chi connectivity index (χ0) is 13.0. The average Bonchev–Trinajstić information content (AvgIpc) is 2.37. The van der Waals surface area contributed by atoms with Gasteiger partial charge in [0.05, 0.1) is 11.6 Å². The van der Waals surface area contributed by atoms with Crippen molar-refractivity contribution in [2.45, 2.75) is 13.5 Å². The summed E-state index contributed by atoms with van der Waals surface area (Å²) in [4.78, 5) is 0. The summed E-state index contributed by atoms with van der Waals surface area (Å²) in [6.07, 6.45) is 0. The van der Waals surface area contributed by atoms with Crippen LogP contribution in [0.4, 0.5) is 0 Å². The number of methoxy groups -OCH3 is 1. The molecule has 0 saturated heterocycles. The maximum atomic E-state index is 5.77. The molecule has 18 heavy (non-hydrogen) atoms. The summed E-state index contributed by atoms with van der Waals surface area (Å²) in [6, 6.07) is 14.0. The Morgan fingerprint density at radius 2 is 1.94 bits per heavy atom. The minimum atomic E-state index is 0.562. The summed E-state index contributed by atoms with van der Waals surface area (Å²) in [5.74, 6) is 1.63. The van der Waals surface area contributed by atoms with Gasteiger partial charge in [-0.1, -0.05) is 29.8 Å². The molecule has 0 aliphatic rings. The Morgan fingerprint density at radius 1 is 1.11 bits per heavy atom. The third-order valence-corrected chi connectivity index (χ3v) is 3.24. The zero-order valence-electron chi connectivity index (χ0n) is 10.4. The Hall–Kier alpha value is -1.48. The minimum Gasteiger partial charge on any atom is -0.497 e. The number of ether oxygens (including phenoxy) is 2. The molecule has 0 saturated carbocycles. The highest BCUT2D eigenvalue weighted by Crippen LogP contribution is 2.29. The highest BCUT2D eigenvalue weighted by molar-refractivity contribution is 9.10. The maximum absolute atomic E-state index is 5.77. The quantitative estimate of drug-likeness (QED) is 0.836. The van der Waals surface area contributed by atoms with E-state index < -0.39 is 0 Å². The molecule has 0 fully saturated rings. The van der Waals surface area contributed by atoms with Crippen molar-refractivity contribution in [2.75, 3.05) is 7.11 Å². The Bertz CT molecular complexity index is 538. The lowest BCUT2D eigenvalue weighted by atomic mass is 10.1.